The van der Waals surface area contributed by atoms with E-state index in [-0.39, 0.29) is 12.3 Å². The topological polar surface area (TPSA) is 124 Å². The molecule has 100 valence electrons. The van der Waals surface area contributed by atoms with Gasteiger partial charge in [-0.2, -0.15) is 15.0 Å². The second kappa shape index (κ2) is 5.76. The van der Waals surface area contributed by atoms with Crippen molar-refractivity contribution in [2.75, 3.05) is 24.2 Å². The van der Waals surface area contributed by atoms with Gasteiger partial charge >= 0.3 is 0 Å². The summed E-state index contributed by atoms with van der Waals surface area (Å²) in [4.78, 5) is 27.1. The van der Waals surface area contributed by atoms with Crippen molar-refractivity contribution in [3.63, 3.8) is 0 Å². The number of primary amides is 1. The van der Waals surface area contributed by atoms with Crippen molar-refractivity contribution in [1.29, 1.82) is 0 Å². The second-order valence-electron chi connectivity index (χ2n) is 3.65. The van der Waals surface area contributed by atoms with Gasteiger partial charge in [0.25, 0.3) is 0 Å². The van der Waals surface area contributed by atoms with Crippen molar-refractivity contribution in [3.8, 4) is 5.95 Å². The Labute approximate surface area is 109 Å². The molecule has 0 aliphatic heterocycles. The zero-order valence-corrected chi connectivity index (χ0v) is 10.4. The molecule has 0 aromatic carbocycles. The van der Waals surface area contributed by atoms with Crippen molar-refractivity contribution in [1.82, 2.24) is 24.5 Å². The summed E-state index contributed by atoms with van der Waals surface area (Å²) >= 11 is 0. The maximum absolute atomic E-state index is 10.7. The molecule has 0 saturated carbocycles. The molecule has 2 rings (SSSR count). The fraction of sp³-hybridized carbons (Fsp3) is 0.300. The molecule has 0 aliphatic rings. The van der Waals surface area contributed by atoms with E-state index in [0.717, 1.165) is 0 Å². The average Bonchev–Trinajstić information content (AvgIpc) is 2.92. The van der Waals surface area contributed by atoms with E-state index >= 15 is 0 Å². The SMILES string of the molecule is CNc1nc(NCCC(N)=O)nc(-n2ccnc2)n1. The van der Waals surface area contributed by atoms with Crippen molar-refractivity contribution in [3.05, 3.63) is 18.7 Å². The van der Waals surface area contributed by atoms with Crippen LogP contribution < -0.4 is 16.4 Å². The zero-order valence-electron chi connectivity index (χ0n) is 10.4. The molecule has 19 heavy (non-hydrogen) atoms. The number of hydrogen-bond donors (Lipinski definition) is 3. The first-order valence-corrected chi connectivity index (χ1v) is 5.63. The van der Waals surface area contributed by atoms with Crippen molar-refractivity contribution >= 4 is 17.8 Å². The van der Waals surface area contributed by atoms with Crippen LogP contribution in [0.2, 0.25) is 0 Å². The smallest absolute Gasteiger partial charge is 0.241 e. The molecule has 0 saturated heterocycles. The van der Waals surface area contributed by atoms with Crippen LogP contribution in [0.4, 0.5) is 11.9 Å². The van der Waals surface area contributed by atoms with Crippen LogP contribution in [-0.2, 0) is 4.79 Å². The van der Waals surface area contributed by atoms with Crippen LogP contribution >= 0.6 is 0 Å². The molecule has 0 atom stereocenters. The minimum atomic E-state index is -0.384. The summed E-state index contributed by atoms with van der Waals surface area (Å²) in [5.41, 5.74) is 5.06. The van der Waals surface area contributed by atoms with Gasteiger partial charge in [-0.15, -0.1) is 0 Å². The maximum atomic E-state index is 10.7. The van der Waals surface area contributed by atoms with Crippen LogP contribution in [0.3, 0.4) is 0 Å². The third-order valence-electron chi connectivity index (χ3n) is 2.24. The van der Waals surface area contributed by atoms with Gasteiger partial charge < -0.3 is 16.4 Å². The maximum Gasteiger partial charge on any atom is 0.241 e. The van der Waals surface area contributed by atoms with E-state index < -0.39 is 0 Å². The highest BCUT2D eigenvalue weighted by Gasteiger charge is 2.07. The number of carbonyl (C=O) groups is 1. The van der Waals surface area contributed by atoms with Gasteiger partial charge in [0.2, 0.25) is 23.8 Å². The average molecular weight is 262 g/mol. The lowest BCUT2D eigenvalue weighted by molar-refractivity contribution is -0.117. The van der Waals surface area contributed by atoms with E-state index in [9.17, 15) is 4.79 Å². The molecule has 0 aliphatic carbocycles. The number of aromatic nitrogens is 5. The molecular weight excluding hydrogens is 248 g/mol. The van der Waals surface area contributed by atoms with Crippen molar-refractivity contribution in [2.24, 2.45) is 5.73 Å². The number of nitrogens with one attached hydrogen (secondary N) is 2. The molecule has 4 N–H and O–H groups in total. The highest BCUT2D eigenvalue weighted by Crippen LogP contribution is 2.08. The lowest BCUT2D eigenvalue weighted by atomic mass is 10.4. The van der Waals surface area contributed by atoms with Gasteiger partial charge in [0.15, 0.2) is 0 Å². The predicted octanol–water partition coefficient (Wildman–Crippen LogP) is -0.614. The number of anilines is 2. The summed E-state index contributed by atoms with van der Waals surface area (Å²) in [5.74, 6) is 0.827. The van der Waals surface area contributed by atoms with E-state index in [1.54, 1.807) is 30.3 Å². The summed E-state index contributed by atoms with van der Waals surface area (Å²) in [6.07, 6.45) is 5.15. The summed E-state index contributed by atoms with van der Waals surface area (Å²) in [6, 6.07) is 0. The molecule has 2 aromatic heterocycles. The van der Waals surface area contributed by atoms with Crippen LogP contribution in [-0.4, -0.2) is 44.0 Å². The molecule has 9 nitrogen and oxygen atoms in total. The molecule has 2 aromatic rings. The van der Waals surface area contributed by atoms with Gasteiger partial charge in [-0.3, -0.25) is 9.36 Å². The lowest BCUT2D eigenvalue weighted by Gasteiger charge is -2.08. The Balaban J connectivity index is 2.19. The Kier molecular flexibility index (Phi) is 3.86. The first kappa shape index (κ1) is 12.7. The monoisotopic (exact) mass is 262 g/mol. The van der Waals surface area contributed by atoms with Crippen LogP contribution in [0.25, 0.3) is 5.95 Å². The molecule has 0 bridgehead atoms. The molecule has 2 heterocycles. The molecule has 0 radical (unpaired) electrons. The number of carbonyl (C=O) groups excluding carboxylic acids is 1. The standard InChI is InChI=1S/C10H14N8O/c1-12-8-15-9(14-3-2-7(11)19)17-10(16-8)18-5-4-13-6-18/h4-6H,2-3H2,1H3,(H2,11,19)(H2,12,14,15,16,17). The largest absolute Gasteiger partial charge is 0.370 e. The fourth-order valence-corrected chi connectivity index (χ4v) is 1.35. The molecule has 0 spiro atoms. The number of nitrogens with zero attached hydrogens (tertiary/aromatic N) is 5. The normalized spacial score (nSPS) is 10.2. The molecular formula is C10H14N8O. The second-order valence-corrected chi connectivity index (χ2v) is 3.65. The van der Waals surface area contributed by atoms with Gasteiger partial charge in [-0.05, 0) is 0 Å². The number of imidazole rings is 1. The third-order valence-corrected chi connectivity index (χ3v) is 2.24. The molecule has 1 amide bonds. The minimum absolute atomic E-state index is 0.209. The lowest BCUT2D eigenvalue weighted by Crippen LogP contribution is -2.17. The third kappa shape index (κ3) is 3.37. The number of amides is 1. The number of rotatable bonds is 6. The molecule has 9 heteroatoms. The highest BCUT2D eigenvalue weighted by atomic mass is 16.1. The Morgan fingerprint density at radius 3 is 2.79 bits per heavy atom. The summed E-state index contributed by atoms with van der Waals surface area (Å²) in [7, 11) is 1.71. The van der Waals surface area contributed by atoms with E-state index in [2.05, 4.69) is 30.6 Å². The van der Waals surface area contributed by atoms with Gasteiger partial charge in [-0.1, -0.05) is 0 Å². The Morgan fingerprint density at radius 1 is 1.37 bits per heavy atom. The van der Waals surface area contributed by atoms with Crippen LogP contribution in [0.1, 0.15) is 6.42 Å². The summed E-state index contributed by atoms with van der Waals surface area (Å²) < 4.78 is 1.65. The van der Waals surface area contributed by atoms with Crippen LogP contribution in [0, 0.1) is 0 Å². The molecule has 0 fully saturated rings. The Morgan fingerprint density at radius 2 is 2.16 bits per heavy atom. The van der Waals surface area contributed by atoms with Gasteiger partial charge in [0.1, 0.15) is 6.33 Å². The first-order valence-electron chi connectivity index (χ1n) is 5.63. The number of nitrogens with two attached hydrogens (primary N) is 1. The molecule has 0 unspecified atom stereocenters. The summed E-state index contributed by atoms with van der Waals surface area (Å²) in [5, 5.41) is 5.76. The first-order chi connectivity index (χ1) is 9.19. The predicted molar refractivity (Wildman–Crippen MR) is 68.8 cm³/mol. The highest BCUT2D eigenvalue weighted by molar-refractivity contribution is 5.74. The zero-order chi connectivity index (χ0) is 13.7. The van der Waals surface area contributed by atoms with E-state index in [4.69, 9.17) is 5.73 Å². The van der Waals surface area contributed by atoms with Gasteiger partial charge in [-0.25, -0.2) is 4.98 Å². The van der Waals surface area contributed by atoms with Crippen molar-refractivity contribution < 1.29 is 4.79 Å². The summed E-state index contributed by atoms with van der Waals surface area (Å²) in [6.45, 7) is 0.367. The quantitative estimate of drug-likeness (QED) is 0.634. The van der Waals surface area contributed by atoms with Crippen LogP contribution in [0.5, 0.6) is 0 Å². The van der Waals surface area contributed by atoms with E-state index in [0.29, 0.717) is 24.4 Å². The Bertz CT molecular complexity index is 553. The Hall–Kier alpha value is -2.71. The van der Waals surface area contributed by atoms with Crippen LogP contribution in [0.15, 0.2) is 18.7 Å². The fourth-order valence-electron chi connectivity index (χ4n) is 1.35. The number of hydrogen-bond acceptors (Lipinski definition) is 7. The van der Waals surface area contributed by atoms with Gasteiger partial charge in [0.05, 0.1) is 0 Å². The van der Waals surface area contributed by atoms with E-state index in [1.807, 2.05) is 0 Å². The van der Waals surface area contributed by atoms with Gasteiger partial charge in [0, 0.05) is 32.4 Å². The minimum Gasteiger partial charge on any atom is -0.370 e. The van der Waals surface area contributed by atoms with Crippen molar-refractivity contribution in [2.45, 2.75) is 6.42 Å². The van der Waals surface area contributed by atoms with E-state index in [1.165, 1.54) is 0 Å².